The first-order valence-electron chi connectivity index (χ1n) is 7.33. The molecule has 0 aliphatic carbocycles. The summed E-state index contributed by atoms with van der Waals surface area (Å²) in [5.41, 5.74) is 1.03. The number of aromatic nitrogens is 2. The van der Waals surface area contributed by atoms with Crippen LogP contribution in [0.15, 0.2) is 29.3 Å². The van der Waals surface area contributed by atoms with Crippen LogP contribution in [-0.4, -0.2) is 33.0 Å². The summed E-state index contributed by atoms with van der Waals surface area (Å²) >= 11 is 0. The number of amides is 1. The van der Waals surface area contributed by atoms with Gasteiger partial charge in [0.15, 0.2) is 0 Å². The van der Waals surface area contributed by atoms with E-state index in [1.54, 1.807) is 12.3 Å². The minimum absolute atomic E-state index is 0.00619. The molecule has 2 aromatic rings. The number of rotatable bonds is 5. The fourth-order valence-corrected chi connectivity index (χ4v) is 2.30. The SMILES string of the molecule is Cc1ccc2ncc(C(=O)NC(CCO)C(C)C)c(=O)n2c1. The maximum absolute atomic E-state index is 12.4. The Balaban J connectivity index is 2.36. The third-order valence-corrected chi connectivity index (χ3v) is 3.66. The highest BCUT2D eigenvalue weighted by Gasteiger charge is 2.19. The summed E-state index contributed by atoms with van der Waals surface area (Å²) in [4.78, 5) is 28.9. The van der Waals surface area contributed by atoms with Gasteiger partial charge in [-0.15, -0.1) is 0 Å². The van der Waals surface area contributed by atoms with Crippen molar-refractivity contribution in [3.63, 3.8) is 0 Å². The maximum atomic E-state index is 12.4. The standard InChI is InChI=1S/C16H21N3O3/c1-10(2)13(6-7-20)18-15(21)12-8-17-14-5-4-11(3)9-19(14)16(12)22/h4-5,8-10,13,20H,6-7H2,1-3H3,(H,18,21). The molecular weight excluding hydrogens is 282 g/mol. The molecule has 0 radical (unpaired) electrons. The van der Waals surface area contributed by atoms with Gasteiger partial charge < -0.3 is 10.4 Å². The first kappa shape index (κ1) is 16.2. The van der Waals surface area contributed by atoms with E-state index in [4.69, 9.17) is 5.11 Å². The number of hydrogen-bond donors (Lipinski definition) is 2. The number of fused-ring (bicyclic) bond motifs is 1. The zero-order chi connectivity index (χ0) is 16.3. The maximum Gasteiger partial charge on any atom is 0.270 e. The molecule has 0 saturated carbocycles. The van der Waals surface area contributed by atoms with E-state index >= 15 is 0 Å². The molecule has 0 spiro atoms. The lowest BCUT2D eigenvalue weighted by Gasteiger charge is -2.21. The second-order valence-electron chi connectivity index (χ2n) is 5.75. The molecule has 1 amide bonds. The molecule has 1 unspecified atom stereocenters. The number of carbonyl (C=O) groups is 1. The summed E-state index contributed by atoms with van der Waals surface area (Å²) in [5, 5.41) is 11.9. The van der Waals surface area contributed by atoms with Crippen molar-refractivity contribution in [1.29, 1.82) is 0 Å². The van der Waals surface area contributed by atoms with Gasteiger partial charge in [-0.25, -0.2) is 4.98 Å². The molecule has 118 valence electrons. The summed E-state index contributed by atoms with van der Waals surface area (Å²) in [7, 11) is 0. The third-order valence-electron chi connectivity index (χ3n) is 3.66. The van der Waals surface area contributed by atoms with Gasteiger partial charge in [0, 0.05) is 25.0 Å². The highest BCUT2D eigenvalue weighted by molar-refractivity contribution is 5.93. The van der Waals surface area contributed by atoms with Crippen LogP contribution in [0.3, 0.4) is 0 Å². The molecule has 22 heavy (non-hydrogen) atoms. The summed E-state index contributed by atoms with van der Waals surface area (Å²) < 4.78 is 1.38. The van der Waals surface area contributed by atoms with Crippen LogP contribution < -0.4 is 10.9 Å². The van der Waals surface area contributed by atoms with Crippen molar-refractivity contribution in [3.05, 3.63) is 46.0 Å². The van der Waals surface area contributed by atoms with Crippen molar-refractivity contribution >= 4 is 11.6 Å². The van der Waals surface area contributed by atoms with Gasteiger partial charge >= 0.3 is 0 Å². The van der Waals surface area contributed by atoms with Crippen LogP contribution in [-0.2, 0) is 0 Å². The van der Waals surface area contributed by atoms with Gasteiger partial charge in [-0.3, -0.25) is 14.0 Å². The van der Waals surface area contributed by atoms with Crippen molar-refractivity contribution in [2.24, 2.45) is 5.92 Å². The Hall–Kier alpha value is -2.21. The highest BCUT2D eigenvalue weighted by atomic mass is 16.3. The van der Waals surface area contributed by atoms with E-state index in [1.165, 1.54) is 10.6 Å². The molecule has 2 aromatic heterocycles. The van der Waals surface area contributed by atoms with Crippen LogP contribution in [0, 0.1) is 12.8 Å². The van der Waals surface area contributed by atoms with Crippen molar-refractivity contribution < 1.29 is 9.90 Å². The van der Waals surface area contributed by atoms with Crippen LogP contribution in [0.5, 0.6) is 0 Å². The Bertz CT molecular complexity index is 737. The number of pyridine rings is 1. The smallest absolute Gasteiger partial charge is 0.270 e. The molecule has 6 heteroatoms. The van der Waals surface area contributed by atoms with Crippen molar-refractivity contribution in [3.8, 4) is 0 Å². The Labute approximate surface area is 128 Å². The number of aliphatic hydroxyl groups is 1. The topological polar surface area (TPSA) is 83.7 Å². The number of aryl methyl sites for hydroxylation is 1. The fourth-order valence-electron chi connectivity index (χ4n) is 2.30. The Kier molecular flexibility index (Phi) is 4.92. The van der Waals surface area contributed by atoms with Gasteiger partial charge in [-0.2, -0.15) is 0 Å². The van der Waals surface area contributed by atoms with Crippen molar-refractivity contribution in [2.45, 2.75) is 33.2 Å². The third kappa shape index (κ3) is 3.33. The lowest BCUT2D eigenvalue weighted by molar-refractivity contribution is 0.0914. The molecule has 0 fully saturated rings. The average molecular weight is 303 g/mol. The number of hydrogen-bond acceptors (Lipinski definition) is 4. The molecule has 0 aliphatic rings. The number of nitrogens with one attached hydrogen (secondary N) is 1. The molecule has 0 bridgehead atoms. The van der Waals surface area contributed by atoms with Crippen LogP contribution in [0.2, 0.25) is 0 Å². The Morgan fingerprint density at radius 3 is 2.77 bits per heavy atom. The predicted octanol–water partition coefficient (Wildman–Crippen LogP) is 1.14. The first-order chi connectivity index (χ1) is 10.4. The number of nitrogens with zero attached hydrogens (tertiary/aromatic N) is 2. The van der Waals surface area contributed by atoms with E-state index in [9.17, 15) is 9.59 Å². The zero-order valence-corrected chi connectivity index (χ0v) is 13.0. The van der Waals surface area contributed by atoms with Gasteiger partial charge in [-0.1, -0.05) is 19.9 Å². The molecule has 1 atom stereocenters. The van der Waals surface area contributed by atoms with Gasteiger partial charge in [0.25, 0.3) is 11.5 Å². The summed E-state index contributed by atoms with van der Waals surface area (Å²) in [5.74, 6) is -0.296. The van der Waals surface area contributed by atoms with Crippen LogP contribution in [0.25, 0.3) is 5.65 Å². The Morgan fingerprint density at radius 1 is 1.41 bits per heavy atom. The number of carbonyl (C=O) groups excluding carboxylic acids is 1. The fraction of sp³-hybridized carbons (Fsp3) is 0.438. The van der Waals surface area contributed by atoms with Crippen molar-refractivity contribution in [2.75, 3.05) is 6.61 Å². The summed E-state index contributed by atoms with van der Waals surface area (Å²) in [6, 6.07) is 3.41. The highest BCUT2D eigenvalue weighted by Crippen LogP contribution is 2.07. The van der Waals surface area contributed by atoms with Crippen LogP contribution in [0.1, 0.15) is 36.2 Å². The lowest BCUT2D eigenvalue weighted by atomic mass is 10.0. The van der Waals surface area contributed by atoms with Gasteiger partial charge in [0.1, 0.15) is 11.2 Å². The van der Waals surface area contributed by atoms with Gasteiger partial charge in [0.05, 0.1) is 0 Å². The van der Waals surface area contributed by atoms with Crippen LogP contribution in [0.4, 0.5) is 0 Å². The first-order valence-corrected chi connectivity index (χ1v) is 7.33. The summed E-state index contributed by atoms with van der Waals surface area (Å²) in [6.45, 7) is 5.76. The molecule has 6 nitrogen and oxygen atoms in total. The molecule has 2 rings (SSSR count). The largest absolute Gasteiger partial charge is 0.396 e. The molecule has 2 heterocycles. The van der Waals surface area contributed by atoms with Gasteiger partial charge in [-0.05, 0) is 30.9 Å². The normalized spacial score (nSPS) is 12.6. The minimum Gasteiger partial charge on any atom is -0.396 e. The van der Waals surface area contributed by atoms with E-state index in [0.717, 1.165) is 5.56 Å². The van der Waals surface area contributed by atoms with Gasteiger partial charge in [0.2, 0.25) is 0 Å². The van der Waals surface area contributed by atoms with E-state index in [1.807, 2.05) is 26.8 Å². The molecule has 0 aromatic carbocycles. The molecule has 0 saturated heterocycles. The second-order valence-corrected chi connectivity index (χ2v) is 5.75. The molecular formula is C16H21N3O3. The van der Waals surface area contributed by atoms with E-state index in [0.29, 0.717) is 12.1 Å². The predicted molar refractivity (Wildman–Crippen MR) is 84.0 cm³/mol. The summed E-state index contributed by atoms with van der Waals surface area (Å²) in [6.07, 6.45) is 3.42. The lowest BCUT2D eigenvalue weighted by Crippen LogP contribution is -2.41. The van der Waals surface area contributed by atoms with Crippen molar-refractivity contribution in [1.82, 2.24) is 14.7 Å². The number of aliphatic hydroxyl groups excluding tert-OH is 1. The van der Waals surface area contributed by atoms with E-state index < -0.39 is 11.5 Å². The monoisotopic (exact) mass is 303 g/mol. The minimum atomic E-state index is -0.458. The quantitative estimate of drug-likeness (QED) is 0.867. The average Bonchev–Trinajstić information content (AvgIpc) is 2.47. The Morgan fingerprint density at radius 2 is 2.14 bits per heavy atom. The van der Waals surface area contributed by atoms with Crippen LogP contribution >= 0.6 is 0 Å². The molecule has 2 N–H and O–H groups in total. The zero-order valence-electron chi connectivity index (χ0n) is 13.0. The van der Waals surface area contributed by atoms with E-state index in [-0.39, 0.29) is 24.1 Å². The van der Waals surface area contributed by atoms with E-state index in [2.05, 4.69) is 10.3 Å². The second kappa shape index (κ2) is 6.70. The molecule has 0 aliphatic heterocycles.